The molecule has 26 heavy (non-hydrogen) atoms. The van der Waals surface area contributed by atoms with Crippen LogP contribution < -0.4 is 4.90 Å². The highest BCUT2D eigenvalue weighted by Crippen LogP contribution is 2.37. The number of benzene rings is 1. The van der Waals surface area contributed by atoms with Crippen molar-refractivity contribution in [1.29, 1.82) is 0 Å². The summed E-state index contributed by atoms with van der Waals surface area (Å²) >= 11 is 1.23. The molecule has 0 radical (unpaired) electrons. The normalized spacial score (nSPS) is 14.5. The number of hydrogen-bond acceptors (Lipinski definition) is 3. The number of carboxylic acids is 1. The summed E-state index contributed by atoms with van der Waals surface area (Å²) < 4.78 is 0. The van der Waals surface area contributed by atoms with E-state index in [9.17, 15) is 14.7 Å². The van der Waals surface area contributed by atoms with Gasteiger partial charge in [-0.3, -0.25) is 4.79 Å². The van der Waals surface area contributed by atoms with Crippen molar-refractivity contribution in [1.82, 2.24) is 0 Å². The van der Waals surface area contributed by atoms with Crippen LogP contribution in [-0.2, 0) is 4.79 Å². The molecule has 0 aliphatic heterocycles. The molecule has 1 saturated carbocycles. The van der Waals surface area contributed by atoms with Gasteiger partial charge in [0.1, 0.15) is 4.88 Å². The first-order chi connectivity index (χ1) is 12.6. The zero-order chi connectivity index (χ0) is 18.5. The molecule has 0 spiro atoms. The van der Waals surface area contributed by atoms with Gasteiger partial charge in [-0.05, 0) is 30.9 Å². The molecule has 4 nitrogen and oxygen atoms in total. The van der Waals surface area contributed by atoms with Gasteiger partial charge in [0, 0.05) is 17.8 Å². The number of carbonyl (C=O) groups is 2. The summed E-state index contributed by atoms with van der Waals surface area (Å²) in [5, 5.41) is 9.63. The molecular formula is C21H25NO3S. The van der Waals surface area contributed by atoms with Crippen LogP contribution in [0.15, 0.2) is 36.4 Å². The number of anilines is 1. The highest BCUT2D eigenvalue weighted by atomic mass is 32.1. The Kier molecular flexibility index (Phi) is 6.09. The molecule has 1 N–H and O–H groups in total. The van der Waals surface area contributed by atoms with Gasteiger partial charge in [0.2, 0.25) is 5.91 Å². The van der Waals surface area contributed by atoms with Gasteiger partial charge in [-0.25, -0.2) is 4.79 Å². The van der Waals surface area contributed by atoms with Gasteiger partial charge in [-0.15, -0.1) is 11.3 Å². The summed E-state index contributed by atoms with van der Waals surface area (Å²) in [6.07, 6.45) is 6.38. The second kappa shape index (κ2) is 8.49. The minimum absolute atomic E-state index is 0.0271. The van der Waals surface area contributed by atoms with E-state index in [2.05, 4.69) is 0 Å². The number of nitrogens with zero attached hydrogens (tertiary/aromatic N) is 1. The summed E-state index contributed by atoms with van der Waals surface area (Å²) in [6, 6.07) is 11.6. The van der Waals surface area contributed by atoms with Crippen LogP contribution in [0, 0.1) is 5.92 Å². The van der Waals surface area contributed by atoms with Crippen molar-refractivity contribution in [3.63, 3.8) is 0 Å². The predicted octanol–water partition coefficient (Wildman–Crippen LogP) is 5.44. The van der Waals surface area contributed by atoms with E-state index in [1.807, 2.05) is 43.3 Å². The molecule has 1 aromatic carbocycles. The van der Waals surface area contributed by atoms with Crippen molar-refractivity contribution < 1.29 is 14.7 Å². The van der Waals surface area contributed by atoms with Crippen LogP contribution >= 0.6 is 11.3 Å². The summed E-state index contributed by atoms with van der Waals surface area (Å²) in [7, 11) is 0. The maximum Gasteiger partial charge on any atom is 0.348 e. The fourth-order valence-corrected chi connectivity index (χ4v) is 4.73. The van der Waals surface area contributed by atoms with E-state index in [0.717, 1.165) is 16.9 Å². The number of carboxylic acid groups (broad SMARTS) is 1. The average Bonchev–Trinajstić information content (AvgIpc) is 3.31. The summed E-state index contributed by atoms with van der Waals surface area (Å²) in [4.78, 5) is 27.3. The van der Waals surface area contributed by atoms with Gasteiger partial charge < -0.3 is 10.0 Å². The largest absolute Gasteiger partial charge is 0.477 e. The topological polar surface area (TPSA) is 57.6 Å². The molecule has 0 bridgehead atoms. The van der Waals surface area contributed by atoms with E-state index in [0.29, 0.717) is 24.6 Å². The van der Waals surface area contributed by atoms with Crippen LogP contribution in [0.5, 0.6) is 0 Å². The van der Waals surface area contributed by atoms with Crippen LogP contribution in [-0.4, -0.2) is 23.5 Å². The van der Waals surface area contributed by atoms with Crippen LogP contribution in [0.2, 0.25) is 0 Å². The second-order valence-electron chi connectivity index (χ2n) is 6.82. The van der Waals surface area contributed by atoms with Crippen LogP contribution in [0.1, 0.15) is 55.1 Å². The number of carbonyl (C=O) groups excluding carboxylic acids is 1. The quantitative estimate of drug-likeness (QED) is 0.705. The first-order valence-electron chi connectivity index (χ1n) is 9.33. The van der Waals surface area contributed by atoms with E-state index < -0.39 is 5.97 Å². The minimum Gasteiger partial charge on any atom is -0.477 e. The zero-order valence-electron chi connectivity index (χ0n) is 15.1. The molecule has 1 heterocycles. The van der Waals surface area contributed by atoms with E-state index in [1.165, 1.54) is 37.0 Å². The molecule has 3 rings (SSSR count). The van der Waals surface area contributed by atoms with Gasteiger partial charge in [-0.2, -0.15) is 0 Å². The fraction of sp³-hybridized carbons (Fsp3) is 0.429. The van der Waals surface area contributed by atoms with Gasteiger partial charge in [0.15, 0.2) is 0 Å². The van der Waals surface area contributed by atoms with Crippen molar-refractivity contribution in [3.05, 3.63) is 41.3 Å². The molecule has 0 saturated heterocycles. The lowest BCUT2D eigenvalue weighted by molar-refractivity contribution is -0.118. The third-order valence-corrected chi connectivity index (χ3v) is 6.28. The SMILES string of the molecule is CCN(C(=O)CCC1CCCC1)c1cc(-c2ccccc2)sc1C(=O)O. The number of hydrogen-bond donors (Lipinski definition) is 1. The van der Waals surface area contributed by atoms with Gasteiger partial charge in [0.25, 0.3) is 0 Å². The van der Waals surface area contributed by atoms with Gasteiger partial charge in [0.05, 0.1) is 5.69 Å². The Hall–Kier alpha value is -2.14. The Morgan fingerprint density at radius 1 is 1.19 bits per heavy atom. The molecule has 1 aliphatic carbocycles. The highest BCUT2D eigenvalue weighted by molar-refractivity contribution is 7.18. The molecule has 138 valence electrons. The maximum absolute atomic E-state index is 12.8. The van der Waals surface area contributed by atoms with Crippen molar-refractivity contribution in [2.24, 2.45) is 5.92 Å². The maximum atomic E-state index is 12.8. The minimum atomic E-state index is -0.978. The number of aromatic carboxylic acids is 1. The molecule has 1 amide bonds. The molecule has 2 aromatic rings. The lowest BCUT2D eigenvalue weighted by Crippen LogP contribution is -2.31. The third kappa shape index (κ3) is 4.15. The van der Waals surface area contributed by atoms with E-state index in [4.69, 9.17) is 0 Å². The molecule has 5 heteroatoms. The van der Waals surface area contributed by atoms with Crippen LogP contribution in [0.4, 0.5) is 5.69 Å². The first kappa shape index (κ1) is 18.6. The van der Waals surface area contributed by atoms with E-state index in [-0.39, 0.29) is 10.8 Å². The predicted molar refractivity (Wildman–Crippen MR) is 106 cm³/mol. The molecule has 0 atom stereocenters. The Labute approximate surface area is 158 Å². The van der Waals surface area contributed by atoms with Crippen molar-refractivity contribution in [3.8, 4) is 10.4 Å². The van der Waals surface area contributed by atoms with Crippen molar-refractivity contribution >= 4 is 28.9 Å². The Morgan fingerprint density at radius 2 is 1.88 bits per heavy atom. The Bertz CT molecular complexity index is 763. The van der Waals surface area contributed by atoms with E-state index in [1.54, 1.807) is 4.90 Å². The highest BCUT2D eigenvalue weighted by Gasteiger charge is 2.25. The standard InChI is InChI=1S/C21H25NO3S/c1-2-22(19(23)13-12-15-8-6-7-9-15)17-14-18(26-20(17)21(24)25)16-10-4-3-5-11-16/h3-5,10-11,14-15H,2,6-9,12-13H2,1H3,(H,24,25). The molecule has 1 aliphatic rings. The average molecular weight is 372 g/mol. The third-order valence-electron chi connectivity index (χ3n) is 5.11. The number of thiophene rings is 1. The first-order valence-corrected chi connectivity index (χ1v) is 10.1. The Balaban J connectivity index is 1.83. The van der Waals surface area contributed by atoms with Gasteiger partial charge >= 0.3 is 5.97 Å². The molecule has 1 aromatic heterocycles. The van der Waals surface area contributed by atoms with Crippen molar-refractivity contribution in [2.75, 3.05) is 11.4 Å². The van der Waals surface area contributed by atoms with Crippen molar-refractivity contribution in [2.45, 2.75) is 45.4 Å². The second-order valence-corrected chi connectivity index (χ2v) is 7.88. The summed E-state index contributed by atoms with van der Waals surface area (Å²) in [5.74, 6) is -0.299. The summed E-state index contributed by atoms with van der Waals surface area (Å²) in [6.45, 7) is 2.38. The van der Waals surface area contributed by atoms with E-state index >= 15 is 0 Å². The smallest absolute Gasteiger partial charge is 0.348 e. The Morgan fingerprint density at radius 3 is 2.50 bits per heavy atom. The van der Waals surface area contributed by atoms with Crippen LogP contribution in [0.25, 0.3) is 10.4 Å². The number of rotatable bonds is 7. The molecule has 0 unspecified atom stereocenters. The fourth-order valence-electron chi connectivity index (χ4n) is 3.72. The number of amides is 1. The molecule has 1 fully saturated rings. The van der Waals surface area contributed by atoms with Gasteiger partial charge in [-0.1, -0.05) is 56.0 Å². The zero-order valence-corrected chi connectivity index (χ0v) is 15.9. The summed E-state index contributed by atoms with van der Waals surface area (Å²) in [5.41, 5.74) is 1.50. The van der Waals surface area contributed by atoms with Crippen LogP contribution in [0.3, 0.4) is 0 Å². The molecular weight excluding hydrogens is 346 g/mol. The lowest BCUT2D eigenvalue weighted by atomic mass is 10.0. The lowest BCUT2D eigenvalue weighted by Gasteiger charge is -2.21. The monoisotopic (exact) mass is 371 g/mol.